The molecule has 2 rings (SSSR count). The van der Waals surface area contributed by atoms with Gasteiger partial charge in [0.1, 0.15) is 6.04 Å². The summed E-state index contributed by atoms with van der Waals surface area (Å²) in [4.78, 5) is 25.9. The van der Waals surface area contributed by atoms with Crippen molar-refractivity contribution >= 4 is 17.5 Å². The number of nitrogens with zero attached hydrogens (tertiary/aromatic N) is 1. The summed E-state index contributed by atoms with van der Waals surface area (Å²) in [6, 6.07) is 16.6. The Morgan fingerprint density at radius 2 is 1.79 bits per heavy atom. The van der Waals surface area contributed by atoms with Crippen LogP contribution in [-0.2, 0) is 11.3 Å². The highest BCUT2D eigenvalue weighted by Gasteiger charge is 2.17. The molecule has 2 amide bonds. The number of nitrogens with one attached hydrogen (secondary N) is 2. The zero-order chi connectivity index (χ0) is 17.5. The Labute approximate surface area is 142 Å². The molecule has 0 saturated heterocycles. The summed E-state index contributed by atoms with van der Waals surface area (Å²) in [5.41, 5.74) is 2.38. The van der Waals surface area contributed by atoms with E-state index in [-0.39, 0.29) is 11.8 Å². The molecule has 126 valence electrons. The maximum Gasteiger partial charge on any atom is 0.251 e. The Morgan fingerprint density at radius 3 is 2.46 bits per heavy atom. The second kappa shape index (κ2) is 8.15. The zero-order valence-corrected chi connectivity index (χ0v) is 14.2. The average Bonchev–Trinajstić information content (AvgIpc) is 2.61. The van der Waals surface area contributed by atoms with Crippen LogP contribution in [0, 0.1) is 0 Å². The molecule has 5 nitrogen and oxygen atoms in total. The molecule has 1 atom stereocenters. The Balaban J connectivity index is 1.99. The highest BCUT2D eigenvalue weighted by Crippen LogP contribution is 2.13. The Bertz CT molecular complexity index is 701. The Hall–Kier alpha value is -2.82. The number of rotatable bonds is 6. The predicted molar refractivity (Wildman–Crippen MR) is 95.8 cm³/mol. The molecule has 0 spiro atoms. The normalized spacial score (nSPS) is 11.5. The third-order valence-electron chi connectivity index (χ3n) is 3.74. The highest BCUT2D eigenvalue weighted by atomic mass is 16.2. The van der Waals surface area contributed by atoms with E-state index in [1.165, 1.54) is 0 Å². The fourth-order valence-corrected chi connectivity index (χ4v) is 2.47. The van der Waals surface area contributed by atoms with Gasteiger partial charge in [0, 0.05) is 31.9 Å². The molecule has 5 heteroatoms. The van der Waals surface area contributed by atoms with E-state index in [1.54, 1.807) is 37.2 Å². The number of hydrogen-bond acceptors (Lipinski definition) is 3. The molecular weight excluding hydrogens is 302 g/mol. The number of carbonyl (C=O) groups excluding carboxylic acids is 2. The van der Waals surface area contributed by atoms with E-state index in [4.69, 9.17) is 0 Å². The minimum Gasteiger partial charge on any atom is -0.374 e. The molecule has 0 aromatic heterocycles. The summed E-state index contributed by atoms with van der Waals surface area (Å²) < 4.78 is 0. The van der Waals surface area contributed by atoms with Crippen LogP contribution >= 0.6 is 0 Å². The number of benzene rings is 2. The van der Waals surface area contributed by atoms with Gasteiger partial charge >= 0.3 is 0 Å². The number of anilines is 1. The van der Waals surface area contributed by atoms with E-state index in [0.29, 0.717) is 12.1 Å². The Kier molecular flexibility index (Phi) is 5.95. The lowest BCUT2D eigenvalue weighted by atomic mass is 10.1. The number of amides is 2. The monoisotopic (exact) mass is 325 g/mol. The van der Waals surface area contributed by atoms with E-state index in [1.807, 2.05) is 43.3 Å². The SMILES string of the molecule is CNC(=O)c1cccc(N[C@@H](C)C(=O)N(C)Cc2ccccc2)c1. The van der Waals surface area contributed by atoms with Crippen molar-refractivity contribution in [3.05, 3.63) is 65.7 Å². The molecule has 0 aliphatic heterocycles. The van der Waals surface area contributed by atoms with E-state index in [0.717, 1.165) is 11.3 Å². The molecule has 0 radical (unpaired) electrons. The molecule has 2 aromatic rings. The van der Waals surface area contributed by atoms with Crippen LogP contribution in [0.5, 0.6) is 0 Å². The third kappa shape index (κ3) is 4.59. The van der Waals surface area contributed by atoms with Gasteiger partial charge in [0.15, 0.2) is 0 Å². The summed E-state index contributed by atoms with van der Waals surface area (Å²) in [5, 5.41) is 5.74. The first-order valence-corrected chi connectivity index (χ1v) is 7.89. The lowest BCUT2D eigenvalue weighted by molar-refractivity contribution is -0.130. The smallest absolute Gasteiger partial charge is 0.251 e. The average molecular weight is 325 g/mol. The first kappa shape index (κ1) is 17.5. The van der Waals surface area contributed by atoms with Gasteiger partial charge in [0.05, 0.1) is 0 Å². The summed E-state index contributed by atoms with van der Waals surface area (Å²) in [5.74, 6) is -0.164. The topological polar surface area (TPSA) is 61.4 Å². The minimum absolute atomic E-state index is 0.0100. The van der Waals surface area contributed by atoms with Crippen LogP contribution in [0.3, 0.4) is 0 Å². The van der Waals surface area contributed by atoms with Crippen molar-refractivity contribution in [1.82, 2.24) is 10.2 Å². The molecule has 0 unspecified atom stereocenters. The van der Waals surface area contributed by atoms with Crippen molar-refractivity contribution in [2.24, 2.45) is 0 Å². The first-order valence-electron chi connectivity index (χ1n) is 7.89. The number of likely N-dealkylation sites (N-methyl/N-ethyl adjacent to an activating group) is 1. The van der Waals surface area contributed by atoms with E-state index >= 15 is 0 Å². The third-order valence-corrected chi connectivity index (χ3v) is 3.74. The summed E-state index contributed by atoms with van der Waals surface area (Å²) in [7, 11) is 3.38. The summed E-state index contributed by atoms with van der Waals surface area (Å²) >= 11 is 0. The number of hydrogen-bond donors (Lipinski definition) is 2. The van der Waals surface area contributed by atoms with Crippen LogP contribution in [0.1, 0.15) is 22.8 Å². The van der Waals surface area contributed by atoms with Crippen molar-refractivity contribution in [3.8, 4) is 0 Å². The van der Waals surface area contributed by atoms with Crippen LogP contribution in [0.4, 0.5) is 5.69 Å². The largest absolute Gasteiger partial charge is 0.374 e. The van der Waals surface area contributed by atoms with Gasteiger partial charge in [-0.2, -0.15) is 0 Å². The van der Waals surface area contributed by atoms with Crippen LogP contribution in [-0.4, -0.2) is 36.9 Å². The quantitative estimate of drug-likeness (QED) is 0.858. The molecule has 0 fully saturated rings. The molecule has 2 N–H and O–H groups in total. The molecule has 24 heavy (non-hydrogen) atoms. The first-order chi connectivity index (χ1) is 11.5. The van der Waals surface area contributed by atoms with Gasteiger partial charge in [-0.25, -0.2) is 0 Å². The van der Waals surface area contributed by atoms with Gasteiger partial charge in [-0.1, -0.05) is 36.4 Å². The van der Waals surface area contributed by atoms with Crippen molar-refractivity contribution < 1.29 is 9.59 Å². The molecule has 0 aliphatic carbocycles. The fourth-order valence-electron chi connectivity index (χ4n) is 2.47. The molecular formula is C19H23N3O2. The van der Waals surface area contributed by atoms with E-state index in [9.17, 15) is 9.59 Å². The van der Waals surface area contributed by atoms with Gasteiger partial charge in [-0.05, 0) is 30.7 Å². The number of carbonyl (C=O) groups is 2. The van der Waals surface area contributed by atoms with Gasteiger partial charge in [0.25, 0.3) is 5.91 Å². The minimum atomic E-state index is -0.390. The predicted octanol–water partition coefficient (Wildman–Crippen LogP) is 2.51. The van der Waals surface area contributed by atoms with Crippen molar-refractivity contribution in [2.75, 3.05) is 19.4 Å². The van der Waals surface area contributed by atoms with Crippen LogP contribution in [0.2, 0.25) is 0 Å². The highest BCUT2D eigenvalue weighted by molar-refractivity contribution is 5.95. The van der Waals surface area contributed by atoms with Crippen LogP contribution < -0.4 is 10.6 Å². The maximum absolute atomic E-state index is 12.5. The van der Waals surface area contributed by atoms with Crippen molar-refractivity contribution in [2.45, 2.75) is 19.5 Å². The van der Waals surface area contributed by atoms with E-state index < -0.39 is 6.04 Å². The molecule has 0 heterocycles. The summed E-state index contributed by atoms with van der Waals surface area (Å²) in [6.07, 6.45) is 0. The Morgan fingerprint density at radius 1 is 1.08 bits per heavy atom. The summed E-state index contributed by atoms with van der Waals surface area (Å²) in [6.45, 7) is 2.38. The van der Waals surface area contributed by atoms with Gasteiger partial charge in [-0.3, -0.25) is 9.59 Å². The second-order valence-corrected chi connectivity index (χ2v) is 5.71. The maximum atomic E-state index is 12.5. The molecule has 0 bridgehead atoms. The van der Waals surface area contributed by atoms with Crippen LogP contribution in [0.25, 0.3) is 0 Å². The van der Waals surface area contributed by atoms with Crippen molar-refractivity contribution in [1.29, 1.82) is 0 Å². The van der Waals surface area contributed by atoms with Gasteiger partial charge in [-0.15, -0.1) is 0 Å². The van der Waals surface area contributed by atoms with Gasteiger partial charge in [0.2, 0.25) is 5.91 Å². The molecule has 0 saturated carbocycles. The van der Waals surface area contributed by atoms with E-state index in [2.05, 4.69) is 10.6 Å². The second-order valence-electron chi connectivity index (χ2n) is 5.71. The lowest BCUT2D eigenvalue weighted by Gasteiger charge is -2.23. The standard InChI is InChI=1S/C19H23N3O2/c1-14(19(24)22(3)13-15-8-5-4-6-9-15)21-17-11-7-10-16(12-17)18(23)20-2/h4-12,14,21H,13H2,1-3H3,(H,20,23)/t14-/m0/s1. The van der Waals surface area contributed by atoms with Gasteiger partial charge < -0.3 is 15.5 Å². The molecule has 0 aliphatic rings. The lowest BCUT2D eigenvalue weighted by Crippen LogP contribution is -2.38. The zero-order valence-electron chi connectivity index (χ0n) is 14.2. The van der Waals surface area contributed by atoms with Crippen LogP contribution in [0.15, 0.2) is 54.6 Å². The molecule has 2 aromatic carbocycles. The fraction of sp³-hybridized carbons (Fsp3) is 0.263. The van der Waals surface area contributed by atoms with Crippen molar-refractivity contribution in [3.63, 3.8) is 0 Å².